The average Bonchev–Trinajstić information content (AvgIpc) is 1.85. The Balaban J connectivity index is 3.09. The third kappa shape index (κ3) is 1.80. The highest BCUT2D eigenvalue weighted by Gasteiger charge is 2.07. The lowest BCUT2D eigenvalue weighted by atomic mass is 10.1. The molecule has 0 bridgehead atoms. The molecule has 1 aromatic heterocycles. The van der Waals surface area contributed by atoms with Crippen molar-refractivity contribution in [3.05, 3.63) is 17.0 Å². The molecule has 1 aromatic rings. The number of aromatic nitrogens is 2. The first-order valence-corrected chi connectivity index (χ1v) is 3.77. The van der Waals surface area contributed by atoms with E-state index in [9.17, 15) is 0 Å². The molecule has 0 aromatic carbocycles. The van der Waals surface area contributed by atoms with E-state index in [1.54, 1.807) is 0 Å². The zero-order valence-corrected chi connectivity index (χ0v) is 7.26. The molecule has 0 radical (unpaired) electrons. The molecular formula is C7H10ClN3. The van der Waals surface area contributed by atoms with E-state index in [0.29, 0.717) is 11.0 Å². The van der Waals surface area contributed by atoms with Crippen LogP contribution < -0.4 is 5.73 Å². The van der Waals surface area contributed by atoms with Gasteiger partial charge in [-0.05, 0) is 5.92 Å². The van der Waals surface area contributed by atoms with Crippen molar-refractivity contribution in [2.24, 2.45) is 0 Å². The molecule has 0 aliphatic rings. The second-order valence-corrected chi connectivity index (χ2v) is 2.98. The lowest BCUT2D eigenvalue weighted by Gasteiger charge is -2.04. The Morgan fingerprint density at radius 3 is 2.64 bits per heavy atom. The van der Waals surface area contributed by atoms with Gasteiger partial charge >= 0.3 is 0 Å². The maximum absolute atomic E-state index is 5.77. The van der Waals surface area contributed by atoms with Gasteiger partial charge in [-0.15, -0.1) is 0 Å². The molecule has 0 aliphatic heterocycles. The maximum atomic E-state index is 5.77. The highest BCUT2D eigenvalue weighted by atomic mass is 35.5. The maximum Gasteiger partial charge on any atom is 0.153 e. The molecule has 3 nitrogen and oxygen atoms in total. The van der Waals surface area contributed by atoms with E-state index >= 15 is 0 Å². The molecule has 0 fully saturated rings. The summed E-state index contributed by atoms with van der Waals surface area (Å²) in [5.41, 5.74) is 6.16. The summed E-state index contributed by atoms with van der Waals surface area (Å²) in [6, 6.07) is 0. The Hall–Kier alpha value is -0.830. The van der Waals surface area contributed by atoms with Crippen LogP contribution in [0.4, 0.5) is 5.82 Å². The molecule has 1 rings (SSSR count). The van der Waals surface area contributed by atoms with Crippen molar-refractivity contribution in [1.29, 1.82) is 0 Å². The minimum absolute atomic E-state index is 0.288. The number of hydrogen-bond donors (Lipinski definition) is 1. The monoisotopic (exact) mass is 171 g/mol. The van der Waals surface area contributed by atoms with Gasteiger partial charge in [0.15, 0.2) is 5.15 Å². The van der Waals surface area contributed by atoms with Crippen molar-refractivity contribution in [3.63, 3.8) is 0 Å². The van der Waals surface area contributed by atoms with E-state index in [1.165, 1.54) is 6.20 Å². The van der Waals surface area contributed by atoms with Crippen LogP contribution in [-0.2, 0) is 0 Å². The van der Waals surface area contributed by atoms with Crippen molar-refractivity contribution >= 4 is 17.4 Å². The number of hydrogen-bond acceptors (Lipinski definition) is 3. The number of halogens is 1. The molecule has 60 valence electrons. The molecule has 11 heavy (non-hydrogen) atoms. The zero-order valence-electron chi connectivity index (χ0n) is 6.50. The first-order valence-electron chi connectivity index (χ1n) is 3.39. The van der Waals surface area contributed by atoms with Gasteiger partial charge in [0.25, 0.3) is 0 Å². The molecule has 1 heterocycles. The Morgan fingerprint density at radius 1 is 1.55 bits per heavy atom. The van der Waals surface area contributed by atoms with Crippen molar-refractivity contribution in [2.45, 2.75) is 19.8 Å². The van der Waals surface area contributed by atoms with Gasteiger partial charge < -0.3 is 5.73 Å². The highest BCUT2D eigenvalue weighted by molar-refractivity contribution is 6.30. The van der Waals surface area contributed by atoms with Gasteiger partial charge in [-0.25, -0.2) is 4.98 Å². The van der Waals surface area contributed by atoms with Crippen molar-refractivity contribution in [1.82, 2.24) is 9.97 Å². The zero-order chi connectivity index (χ0) is 8.43. The van der Waals surface area contributed by atoms with Gasteiger partial charge in [0.1, 0.15) is 5.82 Å². The largest absolute Gasteiger partial charge is 0.382 e. The van der Waals surface area contributed by atoms with Gasteiger partial charge in [-0.3, -0.25) is 4.98 Å². The normalized spacial score (nSPS) is 10.5. The standard InChI is InChI=1S/C7H10ClN3/c1-4(2)6-7(8)11-5(9)3-10-6/h3-4H,1-2H3,(H2,9,11). The molecule has 0 saturated heterocycles. The van der Waals surface area contributed by atoms with Crippen LogP contribution in [0.1, 0.15) is 25.5 Å². The average molecular weight is 172 g/mol. The Bertz CT molecular complexity index is 260. The SMILES string of the molecule is CC(C)c1ncc(N)nc1Cl. The van der Waals surface area contributed by atoms with Crippen molar-refractivity contribution < 1.29 is 0 Å². The summed E-state index contributed by atoms with van der Waals surface area (Å²) in [4.78, 5) is 7.93. The number of nitrogens with zero attached hydrogens (tertiary/aromatic N) is 2. The third-order valence-corrected chi connectivity index (χ3v) is 1.60. The van der Waals surface area contributed by atoms with Crippen LogP contribution >= 0.6 is 11.6 Å². The highest BCUT2D eigenvalue weighted by Crippen LogP contribution is 2.19. The molecule has 0 amide bonds. The molecule has 4 heteroatoms. The van der Waals surface area contributed by atoms with Crippen LogP contribution in [0.15, 0.2) is 6.20 Å². The second-order valence-electron chi connectivity index (χ2n) is 2.63. The molecule has 0 spiro atoms. The molecule has 0 atom stereocenters. The smallest absolute Gasteiger partial charge is 0.153 e. The van der Waals surface area contributed by atoms with Gasteiger partial charge in [-0.2, -0.15) is 0 Å². The van der Waals surface area contributed by atoms with Crippen molar-refractivity contribution in [2.75, 3.05) is 5.73 Å². The van der Waals surface area contributed by atoms with Gasteiger partial charge in [0, 0.05) is 0 Å². The summed E-state index contributed by atoms with van der Waals surface area (Å²) in [7, 11) is 0. The summed E-state index contributed by atoms with van der Waals surface area (Å²) in [6.07, 6.45) is 1.52. The van der Waals surface area contributed by atoms with Gasteiger partial charge in [0.05, 0.1) is 11.9 Å². The number of nitrogens with two attached hydrogens (primary N) is 1. The second kappa shape index (κ2) is 3.05. The molecule has 0 aliphatic carbocycles. The molecular weight excluding hydrogens is 162 g/mol. The Morgan fingerprint density at radius 2 is 2.18 bits per heavy atom. The van der Waals surface area contributed by atoms with E-state index in [4.69, 9.17) is 17.3 Å². The lowest BCUT2D eigenvalue weighted by Crippen LogP contribution is -1.99. The Kier molecular flexibility index (Phi) is 2.29. The van der Waals surface area contributed by atoms with E-state index in [0.717, 1.165) is 5.69 Å². The van der Waals surface area contributed by atoms with Crippen LogP contribution in [0.3, 0.4) is 0 Å². The van der Waals surface area contributed by atoms with Gasteiger partial charge in [0.2, 0.25) is 0 Å². The topological polar surface area (TPSA) is 51.8 Å². The third-order valence-electron chi connectivity index (χ3n) is 1.32. The van der Waals surface area contributed by atoms with Crippen molar-refractivity contribution in [3.8, 4) is 0 Å². The fraction of sp³-hybridized carbons (Fsp3) is 0.429. The summed E-state index contributed by atoms with van der Waals surface area (Å²) in [5, 5.41) is 0.403. The fourth-order valence-electron chi connectivity index (χ4n) is 0.776. The van der Waals surface area contributed by atoms with Crippen LogP contribution in [0.5, 0.6) is 0 Å². The van der Waals surface area contributed by atoms with E-state index < -0.39 is 0 Å². The minimum atomic E-state index is 0.288. The summed E-state index contributed by atoms with van der Waals surface area (Å²) >= 11 is 5.77. The first-order chi connectivity index (χ1) is 5.11. The van der Waals surface area contributed by atoms with Crippen LogP contribution in [0.25, 0.3) is 0 Å². The predicted molar refractivity (Wildman–Crippen MR) is 45.5 cm³/mol. The minimum Gasteiger partial charge on any atom is -0.382 e. The van der Waals surface area contributed by atoms with Crippen LogP contribution in [0, 0.1) is 0 Å². The molecule has 2 N–H and O–H groups in total. The number of rotatable bonds is 1. The molecule has 0 saturated carbocycles. The lowest BCUT2D eigenvalue weighted by molar-refractivity contribution is 0.814. The summed E-state index contributed by atoms with van der Waals surface area (Å²) < 4.78 is 0. The van der Waals surface area contributed by atoms with Gasteiger partial charge in [-0.1, -0.05) is 25.4 Å². The number of anilines is 1. The Labute approximate surface area is 70.6 Å². The quantitative estimate of drug-likeness (QED) is 0.702. The van der Waals surface area contributed by atoms with Crippen LogP contribution in [-0.4, -0.2) is 9.97 Å². The van der Waals surface area contributed by atoms with E-state index in [1.807, 2.05) is 13.8 Å². The van der Waals surface area contributed by atoms with E-state index in [2.05, 4.69) is 9.97 Å². The predicted octanol–water partition coefficient (Wildman–Crippen LogP) is 1.84. The number of nitrogen functional groups attached to an aromatic ring is 1. The summed E-state index contributed by atoms with van der Waals surface area (Å²) in [5.74, 6) is 0.648. The fourth-order valence-corrected chi connectivity index (χ4v) is 1.14. The van der Waals surface area contributed by atoms with Crippen LogP contribution in [0.2, 0.25) is 5.15 Å². The first kappa shape index (κ1) is 8.27. The summed E-state index contributed by atoms with van der Waals surface area (Å²) in [6.45, 7) is 4.01. The molecule has 0 unspecified atom stereocenters. The van der Waals surface area contributed by atoms with E-state index in [-0.39, 0.29) is 5.92 Å².